The number of benzene rings is 3. The molecule has 0 saturated carbocycles. The standard InChI is InChI=1S/C36H35Cl2NO4/c1-2-42-33-21-25(15-17-32(33)43-22-24-14-16-26(37)27(38)20-24)34-35-28(10-6-12-30(35)40)39(19-18-23-8-4-3-5-9-23)29-11-7-13-31(41)36(29)34/h3-5,8-9,14-17,20-21,34H,2,6-7,10-13,18-19,22H2,1H3. The van der Waals surface area contributed by atoms with Crippen LogP contribution in [-0.4, -0.2) is 29.6 Å². The Kier molecular flexibility index (Phi) is 8.92. The average molecular weight is 617 g/mol. The molecular weight excluding hydrogens is 581 g/mol. The number of carbonyl (C=O) groups excluding carboxylic acids is 2. The number of ether oxygens (including phenoxy) is 2. The van der Waals surface area contributed by atoms with E-state index in [1.165, 1.54) is 5.56 Å². The van der Waals surface area contributed by atoms with Crippen molar-refractivity contribution in [3.8, 4) is 11.5 Å². The molecule has 5 nitrogen and oxygen atoms in total. The first-order valence-corrected chi connectivity index (χ1v) is 15.9. The predicted molar refractivity (Wildman–Crippen MR) is 170 cm³/mol. The van der Waals surface area contributed by atoms with Crippen molar-refractivity contribution < 1.29 is 19.1 Å². The molecule has 0 radical (unpaired) electrons. The van der Waals surface area contributed by atoms with Gasteiger partial charge < -0.3 is 14.4 Å². The lowest BCUT2D eigenvalue weighted by Gasteiger charge is -2.44. The van der Waals surface area contributed by atoms with Crippen molar-refractivity contribution in [2.24, 2.45) is 0 Å². The Bertz CT molecular complexity index is 1570. The number of halogens is 2. The Morgan fingerprint density at radius 3 is 2.09 bits per heavy atom. The average Bonchev–Trinajstić information content (AvgIpc) is 3.01. The lowest BCUT2D eigenvalue weighted by Crippen LogP contribution is -2.39. The topological polar surface area (TPSA) is 55.8 Å². The number of nitrogens with zero attached hydrogens (tertiary/aromatic N) is 1. The normalized spacial score (nSPS) is 17.2. The van der Waals surface area contributed by atoms with E-state index in [1.807, 2.05) is 37.3 Å². The Balaban J connectivity index is 1.38. The zero-order valence-electron chi connectivity index (χ0n) is 24.3. The highest BCUT2D eigenvalue weighted by Crippen LogP contribution is 2.50. The number of carbonyl (C=O) groups is 2. The fraction of sp³-hybridized carbons (Fsp3) is 0.333. The summed E-state index contributed by atoms with van der Waals surface area (Å²) in [7, 11) is 0. The van der Waals surface area contributed by atoms with Gasteiger partial charge >= 0.3 is 0 Å². The molecule has 0 atom stereocenters. The molecule has 0 N–H and O–H groups in total. The Morgan fingerprint density at radius 1 is 0.744 bits per heavy atom. The third-order valence-electron chi connectivity index (χ3n) is 8.53. The van der Waals surface area contributed by atoms with Gasteiger partial charge in [-0.05, 0) is 80.0 Å². The van der Waals surface area contributed by atoms with Crippen molar-refractivity contribution in [3.05, 3.63) is 116 Å². The molecule has 3 aromatic carbocycles. The molecule has 0 bridgehead atoms. The summed E-state index contributed by atoms with van der Waals surface area (Å²) >= 11 is 12.3. The molecule has 0 spiro atoms. The van der Waals surface area contributed by atoms with Crippen molar-refractivity contribution in [2.45, 2.75) is 64.4 Å². The molecule has 0 aromatic heterocycles. The SMILES string of the molecule is CCOc1cc(C2C3=C(CCCC3=O)N(CCc3ccccc3)C3=C2C(=O)CCC3)ccc1OCc1ccc(Cl)c(Cl)c1. The fourth-order valence-corrected chi connectivity index (χ4v) is 6.91. The second-order valence-electron chi connectivity index (χ2n) is 11.3. The number of Topliss-reactive ketones (excluding diaryl/α,β-unsaturated/α-hetero) is 2. The number of hydrogen-bond acceptors (Lipinski definition) is 5. The van der Waals surface area contributed by atoms with Crippen molar-refractivity contribution in [1.82, 2.24) is 4.90 Å². The second kappa shape index (κ2) is 13.0. The highest BCUT2D eigenvalue weighted by Gasteiger charge is 2.43. The lowest BCUT2D eigenvalue weighted by atomic mass is 9.71. The first kappa shape index (κ1) is 29.5. The smallest absolute Gasteiger partial charge is 0.161 e. The van der Waals surface area contributed by atoms with Crippen molar-refractivity contribution in [1.29, 1.82) is 0 Å². The molecule has 2 aliphatic carbocycles. The van der Waals surface area contributed by atoms with Gasteiger partial charge in [0.2, 0.25) is 0 Å². The summed E-state index contributed by atoms with van der Waals surface area (Å²) in [5.74, 6) is 1.05. The number of ketones is 2. The summed E-state index contributed by atoms with van der Waals surface area (Å²) < 4.78 is 12.2. The van der Waals surface area contributed by atoms with E-state index in [1.54, 1.807) is 12.1 Å². The minimum atomic E-state index is -0.401. The van der Waals surface area contributed by atoms with Crippen LogP contribution in [0.5, 0.6) is 11.5 Å². The van der Waals surface area contributed by atoms with E-state index in [-0.39, 0.29) is 18.2 Å². The van der Waals surface area contributed by atoms with Gasteiger partial charge in [-0.25, -0.2) is 0 Å². The van der Waals surface area contributed by atoms with E-state index in [4.69, 9.17) is 32.7 Å². The quantitative estimate of drug-likeness (QED) is 0.241. The lowest BCUT2D eigenvalue weighted by molar-refractivity contribution is -0.117. The molecule has 7 heteroatoms. The molecular formula is C36H35Cl2NO4. The van der Waals surface area contributed by atoms with Gasteiger partial charge in [-0.2, -0.15) is 0 Å². The van der Waals surface area contributed by atoms with Gasteiger partial charge in [0.25, 0.3) is 0 Å². The van der Waals surface area contributed by atoms with E-state index in [9.17, 15) is 9.59 Å². The van der Waals surface area contributed by atoms with Gasteiger partial charge in [-0.3, -0.25) is 9.59 Å². The van der Waals surface area contributed by atoms with Crippen LogP contribution in [0.4, 0.5) is 0 Å². The van der Waals surface area contributed by atoms with Crippen LogP contribution in [0.15, 0.2) is 89.3 Å². The van der Waals surface area contributed by atoms with Crippen LogP contribution in [0.3, 0.4) is 0 Å². The second-order valence-corrected chi connectivity index (χ2v) is 12.1. The van der Waals surface area contributed by atoms with Crippen molar-refractivity contribution in [3.63, 3.8) is 0 Å². The molecule has 3 aliphatic rings. The van der Waals surface area contributed by atoms with Crippen LogP contribution in [0.2, 0.25) is 10.0 Å². The predicted octanol–water partition coefficient (Wildman–Crippen LogP) is 8.63. The summed E-state index contributed by atoms with van der Waals surface area (Å²) in [5.41, 5.74) is 6.75. The van der Waals surface area contributed by atoms with Gasteiger partial charge in [-0.1, -0.05) is 65.7 Å². The zero-order chi connectivity index (χ0) is 29.9. The van der Waals surface area contributed by atoms with Gasteiger partial charge in [0.15, 0.2) is 23.1 Å². The van der Waals surface area contributed by atoms with E-state index < -0.39 is 5.92 Å². The molecule has 0 fully saturated rings. The van der Waals surface area contributed by atoms with Crippen LogP contribution in [0.1, 0.15) is 68.1 Å². The van der Waals surface area contributed by atoms with Crippen LogP contribution in [0, 0.1) is 0 Å². The maximum absolute atomic E-state index is 13.7. The zero-order valence-corrected chi connectivity index (χ0v) is 25.8. The summed E-state index contributed by atoms with van der Waals surface area (Å²) in [6.07, 6.45) is 5.17. The summed E-state index contributed by atoms with van der Waals surface area (Å²) in [4.78, 5) is 29.7. The highest BCUT2D eigenvalue weighted by atomic mass is 35.5. The largest absolute Gasteiger partial charge is 0.490 e. The summed E-state index contributed by atoms with van der Waals surface area (Å²) in [6.45, 7) is 3.42. The summed E-state index contributed by atoms with van der Waals surface area (Å²) in [6, 6.07) is 21.6. The van der Waals surface area contributed by atoms with E-state index in [2.05, 4.69) is 29.2 Å². The summed E-state index contributed by atoms with van der Waals surface area (Å²) in [5, 5.41) is 0.966. The Hall–Kier alpha value is -3.54. The molecule has 0 saturated heterocycles. The molecule has 6 rings (SSSR count). The van der Waals surface area contributed by atoms with Gasteiger partial charge in [0, 0.05) is 47.8 Å². The van der Waals surface area contributed by atoms with Crippen LogP contribution in [-0.2, 0) is 22.6 Å². The molecule has 3 aromatic rings. The van der Waals surface area contributed by atoms with E-state index in [0.29, 0.717) is 41.0 Å². The van der Waals surface area contributed by atoms with Gasteiger partial charge in [-0.15, -0.1) is 0 Å². The molecule has 222 valence electrons. The van der Waals surface area contributed by atoms with Gasteiger partial charge in [0.1, 0.15) is 6.61 Å². The number of allylic oxidation sites excluding steroid dienone is 4. The van der Waals surface area contributed by atoms with Gasteiger partial charge in [0.05, 0.1) is 16.7 Å². The van der Waals surface area contributed by atoms with Crippen molar-refractivity contribution in [2.75, 3.05) is 13.2 Å². The minimum absolute atomic E-state index is 0.138. The molecule has 1 aliphatic heterocycles. The molecule has 0 amide bonds. The maximum Gasteiger partial charge on any atom is 0.161 e. The first-order valence-electron chi connectivity index (χ1n) is 15.1. The minimum Gasteiger partial charge on any atom is -0.490 e. The van der Waals surface area contributed by atoms with E-state index >= 15 is 0 Å². The van der Waals surface area contributed by atoms with Crippen molar-refractivity contribution >= 4 is 34.8 Å². The fourth-order valence-electron chi connectivity index (χ4n) is 6.59. The first-order chi connectivity index (χ1) is 20.9. The maximum atomic E-state index is 13.7. The van der Waals surface area contributed by atoms with E-state index in [0.717, 1.165) is 72.3 Å². The Morgan fingerprint density at radius 2 is 1.44 bits per heavy atom. The molecule has 43 heavy (non-hydrogen) atoms. The third kappa shape index (κ3) is 6.11. The van der Waals surface area contributed by atoms with Crippen LogP contribution >= 0.6 is 23.2 Å². The van der Waals surface area contributed by atoms with Crippen LogP contribution in [0.25, 0.3) is 0 Å². The van der Waals surface area contributed by atoms with Crippen LogP contribution < -0.4 is 9.47 Å². The molecule has 1 heterocycles. The number of rotatable bonds is 9. The highest BCUT2D eigenvalue weighted by molar-refractivity contribution is 6.42. The molecule has 0 unspecified atom stereocenters. The Labute approximate surface area is 263 Å². The third-order valence-corrected chi connectivity index (χ3v) is 9.27. The monoisotopic (exact) mass is 615 g/mol. The number of hydrogen-bond donors (Lipinski definition) is 0.